The molecule has 0 heterocycles. The van der Waals surface area contributed by atoms with Crippen LogP contribution < -0.4 is 15.8 Å². The summed E-state index contributed by atoms with van der Waals surface area (Å²) in [5.41, 5.74) is 9.50. The van der Waals surface area contributed by atoms with Crippen molar-refractivity contribution in [3.63, 3.8) is 0 Å². The van der Waals surface area contributed by atoms with Crippen molar-refractivity contribution in [2.75, 3.05) is 12.4 Å². The van der Waals surface area contributed by atoms with E-state index in [1.807, 2.05) is 43.3 Å². The van der Waals surface area contributed by atoms with E-state index in [2.05, 4.69) is 21.2 Å². The zero-order valence-corrected chi connectivity index (χ0v) is 13.6. The second-order valence-corrected chi connectivity index (χ2v) is 5.68. The highest BCUT2D eigenvalue weighted by Gasteiger charge is 2.09. The monoisotopic (exact) mass is 350 g/mol. The van der Waals surface area contributed by atoms with Crippen molar-refractivity contribution in [1.82, 2.24) is 0 Å². The van der Waals surface area contributed by atoms with Crippen molar-refractivity contribution < 1.29 is 4.74 Å². The molecule has 0 bridgehead atoms. The highest BCUT2D eigenvalue weighted by molar-refractivity contribution is 9.10. The van der Waals surface area contributed by atoms with Gasteiger partial charge in [0.05, 0.1) is 18.5 Å². The first-order valence-corrected chi connectivity index (χ1v) is 7.22. The molecule has 3 nitrogen and oxygen atoms in total. The average molecular weight is 351 g/mol. The van der Waals surface area contributed by atoms with Crippen molar-refractivity contribution in [2.45, 2.75) is 6.92 Å². The van der Waals surface area contributed by atoms with Crippen LogP contribution in [0.3, 0.4) is 0 Å². The van der Waals surface area contributed by atoms with Crippen LogP contribution >= 0.6 is 28.1 Å². The Morgan fingerprint density at radius 1 is 1.20 bits per heavy atom. The smallest absolute Gasteiger partial charge is 0.120 e. The van der Waals surface area contributed by atoms with Gasteiger partial charge in [-0.15, -0.1) is 0 Å². The van der Waals surface area contributed by atoms with Gasteiger partial charge in [0.1, 0.15) is 10.7 Å². The first kappa shape index (κ1) is 14.8. The van der Waals surface area contributed by atoms with E-state index in [0.29, 0.717) is 4.99 Å². The van der Waals surface area contributed by atoms with Crippen LogP contribution in [0.2, 0.25) is 0 Å². The van der Waals surface area contributed by atoms with Crippen LogP contribution in [0.4, 0.5) is 11.4 Å². The molecule has 2 aromatic carbocycles. The third-order valence-electron chi connectivity index (χ3n) is 2.89. The molecule has 0 aliphatic heterocycles. The van der Waals surface area contributed by atoms with Crippen LogP contribution in [-0.2, 0) is 0 Å². The van der Waals surface area contributed by atoms with Crippen LogP contribution in [-0.4, -0.2) is 12.1 Å². The standard InChI is InChI=1S/C15H15BrN2OS/c1-9-3-6-13(12(16)7-9)18-14-8-10(19-2)4-5-11(14)15(17)20/h3-8,18H,1-2H3,(H2,17,20). The number of hydrogen-bond donors (Lipinski definition) is 2. The predicted octanol–water partition coefficient (Wildman–Crippen LogP) is 4.14. The molecule has 2 aromatic rings. The molecule has 0 amide bonds. The summed E-state index contributed by atoms with van der Waals surface area (Å²) in [7, 11) is 1.63. The lowest BCUT2D eigenvalue weighted by molar-refractivity contribution is 0.415. The first-order chi connectivity index (χ1) is 9.51. The highest BCUT2D eigenvalue weighted by atomic mass is 79.9. The molecule has 0 saturated heterocycles. The van der Waals surface area contributed by atoms with Crippen LogP contribution in [0.5, 0.6) is 5.75 Å². The van der Waals surface area contributed by atoms with E-state index in [1.165, 1.54) is 5.56 Å². The summed E-state index contributed by atoms with van der Waals surface area (Å²) < 4.78 is 6.22. The molecule has 104 valence electrons. The second-order valence-electron chi connectivity index (χ2n) is 4.38. The van der Waals surface area contributed by atoms with Gasteiger partial charge in [-0.05, 0) is 52.7 Å². The van der Waals surface area contributed by atoms with E-state index in [1.54, 1.807) is 7.11 Å². The molecular formula is C15H15BrN2OS. The SMILES string of the molecule is COc1ccc(C(N)=S)c(Nc2ccc(C)cc2Br)c1. The Bertz CT molecular complexity index is 658. The summed E-state index contributed by atoms with van der Waals surface area (Å²) >= 11 is 8.63. The number of thiocarbonyl (C=S) groups is 1. The van der Waals surface area contributed by atoms with Gasteiger partial charge in [-0.25, -0.2) is 0 Å². The molecule has 0 unspecified atom stereocenters. The Morgan fingerprint density at radius 2 is 1.95 bits per heavy atom. The number of ether oxygens (including phenoxy) is 1. The van der Waals surface area contributed by atoms with Crippen molar-refractivity contribution in [1.29, 1.82) is 0 Å². The number of methoxy groups -OCH3 is 1. The zero-order valence-electron chi connectivity index (χ0n) is 11.2. The van der Waals surface area contributed by atoms with Gasteiger partial charge in [0.2, 0.25) is 0 Å². The molecule has 0 saturated carbocycles. The van der Waals surface area contributed by atoms with Gasteiger partial charge in [-0.2, -0.15) is 0 Å². The first-order valence-electron chi connectivity index (χ1n) is 6.02. The molecule has 2 rings (SSSR count). The maximum absolute atomic E-state index is 5.76. The van der Waals surface area contributed by atoms with E-state index < -0.39 is 0 Å². The van der Waals surface area contributed by atoms with E-state index in [0.717, 1.165) is 27.2 Å². The van der Waals surface area contributed by atoms with Gasteiger partial charge in [0.25, 0.3) is 0 Å². The largest absolute Gasteiger partial charge is 0.497 e. The number of halogens is 1. The molecule has 0 aromatic heterocycles. The number of rotatable bonds is 4. The minimum atomic E-state index is 0.346. The summed E-state index contributed by atoms with van der Waals surface area (Å²) in [6, 6.07) is 11.6. The number of nitrogens with one attached hydrogen (secondary N) is 1. The number of anilines is 2. The van der Waals surface area contributed by atoms with E-state index in [-0.39, 0.29) is 0 Å². The molecule has 3 N–H and O–H groups in total. The third-order valence-corrected chi connectivity index (χ3v) is 3.76. The summed E-state index contributed by atoms with van der Waals surface area (Å²) in [6.07, 6.45) is 0. The molecular weight excluding hydrogens is 336 g/mol. The van der Waals surface area contributed by atoms with Crippen molar-refractivity contribution in [3.8, 4) is 5.75 Å². The Hall–Kier alpha value is -1.59. The minimum absolute atomic E-state index is 0.346. The Morgan fingerprint density at radius 3 is 2.55 bits per heavy atom. The van der Waals surface area contributed by atoms with Crippen LogP contribution in [0, 0.1) is 6.92 Å². The van der Waals surface area contributed by atoms with Crippen molar-refractivity contribution in [3.05, 3.63) is 52.0 Å². The summed E-state index contributed by atoms with van der Waals surface area (Å²) in [5, 5.41) is 3.33. The van der Waals surface area contributed by atoms with Gasteiger partial charge >= 0.3 is 0 Å². The molecule has 0 aliphatic rings. The average Bonchev–Trinajstić information content (AvgIpc) is 2.41. The highest BCUT2D eigenvalue weighted by Crippen LogP contribution is 2.30. The third kappa shape index (κ3) is 3.29. The maximum atomic E-state index is 5.76. The molecule has 20 heavy (non-hydrogen) atoms. The molecule has 5 heteroatoms. The van der Waals surface area contributed by atoms with E-state index >= 15 is 0 Å². The summed E-state index contributed by atoms with van der Waals surface area (Å²) in [5.74, 6) is 0.746. The number of hydrogen-bond acceptors (Lipinski definition) is 3. The van der Waals surface area contributed by atoms with Gasteiger partial charge in [0.15, 0.2) is 0 Å². The summed E-state index contributed by atoms with van der Waals surface area (Å²) in [6.45, 7) is 2.04. The number of aryl methyl sites for hydroxylation is 1. The lowest BCUT2D eigenvalue weighted by Crippen LogP contribution is -2.12. The van der Waals surface area contributed by atoms with E-state index in [4.69, 9.17) is 22.7 Å². The molecule has 0 radical (unpaired) electrons. The fourth-order valence-corrected chi connectivity index (χ4v) is 2.61. The van der Waals surface area contributed by atoms with Gasteiger partial charge < -0.3 is 15.8 Å². The molecule has 0 fully saturated rings. The van der Waals surface area contributed by atoms with Crippen LogP contribution in [0.1, 0.15) is 11.1 Å². The van der Waals surface area contributed by atoms with Gasteiger partial charge in [-0.1, -0.05) is 18.3 Å². The van der Waals surface area contributed by atoms with Gasteiger partial charge in [0, 0.05) is 16.1 Å². The number of benzene rings is 2. The number of nitrogens with two attached hydrogens (primary N) is 1. The Balaban J connectivity index is 2.43. The van der Waals surface area contributed by atoms with Crippen LogP contribution in [0.15, 0.2) is 40.9 Å². The molecule has 0 spiro atoms. The molecule has 0 atom stereocenters. The quantitative estimate of drug-likeness (QED) is 0.813. The second kappa shape index (κ2) is 6.24. The van der Waals surface area contributed by atoms with Gasteiger partial charge in [-0.3, -0.25) is 0 Å². The predicted molar refractivity (Wildman–Crippen MR) is 91.0 cm³/mol. The lowest BCUT2D eigenvalue weighted by Gasteiger charge is -2.14. The topological polar surface area (TPSA) is 47.3 Å². The lowest BCUT2D eigenvalue weighted by atomic mass is 10.1. The molecule has 0 aliphatic carbocycles. The Labute approximate surface area is 132 Å². The Kier molecular flexibility index (Phi) is 4.62. The zero-order chi connectivity index (χ0) is 14.7. The van der Waals surface area contributed by atoms with Crippen LogP contribution in [0.25, 0.3) is 0 Å². The van der Waals surface area contributed by atoms with E-state index in [9.17, 15) is 0 Å². The minimum Gasteiger partial charge on any atom is -0.497 e. The summed E-state index contributed by atoms with van der Waals surface area (Å²) in [4.78, 5) is 0.346. The normalized spacial score (nSPS) is 10.2. The van der Waals surface area contributed by atoms with Crippen molar-refractivity contribution in [2.24, 2.45) is 5.73 Å². The van der Waals surface area contributed by atoms with Crippen molar-refractivity contribution >= 4 is 44.5 Å². The fraction of sp³-hybridized carbons (Fsp3) is 0.133. The fourth-order valence-electron chi connectivity index (χ4n) is 1.84. The maximum Gasteiger partial charge on any atom is 0.120 e.